The molecule has 0 bridgehead atoms. The molecule has 26 heavy (non-hydrogen) atoms. The summed E-state index contributed by atoms with van der Waals surface area (Å²) in [6.07, 6.45) is 3.93. The Balaban J connectivity index is 1.60. The quantitative estimate of drug-likeness (QED) is 0.412. The molecule has 0 saturated heterocycles. The first-order chi connectivity index (χ1) is 12.7. The molecule has 0 spiro atoms. The molecule has 0 aliphatic rings. The van der Waals surface area contributed by atoms with E-state index in [1.54, 1.807) is 12.1 Å². The van der Waals surface area contributed by atoms with E-state index in [1.165, 1.54) is 6.07 Å². The molecule has 0 amide bonds. The van der Waals surface area contributed by atoms with Crippen molar-refractivity contribution in [3.8, 4) is 0 Å². The lowest BCUT2D eigenvalue weighted by Gasteiger charge is -2.06. The summed E-state index contributed by atoms with van der Waals surface area (Å²) in [5, 5.41) is 1.15. The molecule has 0 N–H and O–H groups in total. The number of nitrogens with zero attached hydrogens (tertiary/aromatic N) is 2. The Morgan fingerprint density at radius 3 is 2.69 bits per heavy atom. The first kappa shape index (κ1) is 16.3. The van der Waals surface area contributed by atoms with Gasteiger partial charge in [0.1, 0.15) is 5.82 Å². The van der Waals surface area contributed by atoms with E-state index in [0.29, 0.717) is 6.54 Å². The zero-order valence-electron chi connectivity index (χ0n) is 14.6. The lowest BCUT2D eigenvalue weighted by molar-refractivity contribution is 0.624. The van der Waals surface area contributed by atoms with E-state index in [4.69, 9.17) is 0 Å². The topological polar surface area (TPSA) is 17.3 Å². The number of rotatable bonds is 4. The van der Waals surface area contributed by atoms with Crippen LogP contribution in [0.1, 0.15) is 16.7 Å². The van der Waals surface area contributed by atoms with Crippen LogP contribution >= 0.6 is 0 Å². The van der Waals surface area contributed by atoms with Gasteiger partial charge in [-0.3, -0.25) is 4.99 Å². The van der Waals surface area contributed by atoms with E-state index >= 15 is 0 Å². The van der Waals surface area contributed by atoms with Crippen molar-refractivity contribution in [3.63, 3.8) is 0 Å². The predicted molar refractivity (Wildman–Crippen MR) is 106 cm³/mol. The maximum atomic E-state index is 13.4. The van der Waals surface area contributed by atoms with Crippen LogP contribution in [0.5, 0.6) is 0 Å². The van der Waals surface area contributed by atoms with Crippen molar-refractivity contribution in [1.82, 2.24) is 4.57 Å². The number of aliphatic imine (C=N–C) groups is 1. The van der Waals surface area contributed by atoms with Crippen LogP contribution < -0.4 is 0 Å². The summed E-state index contributed by atoms with van der Waals surface area (Å²) in [6.45, 7) is 2.71. The lowest BCUT2D eigenvalue weighted by Crippen LogP contribution is -1.98. The highest BCUT2D eigenvalue weighted by Gasteiger charge is 2.04. The number of halogens is 1. The molecule has 3 aromatic carbocycles. The number of hydrogen-bond donors (Lipinski definition) is 0. The van der Waals surface area contributed by atoms with Crippen molar-refractivity contribution in [3.05, 3.63) is 102 Å². The van der Waals surface area contributed by atoms with Gasteiger partial charge in [-0.15, -0.1) is 0 Å². The summed E-state index contributed by atoms with van der Waals surface area (Å²) in [5.74, 6) is -0.200. The number of fused-ring (bicyclic) bond motifs is 1. The molecule has 3 heteroatoms. The third-order valence-electron chi connectivity index (χ3n) is 4.51. The fourth-order valence-electron chi connectivity index (χ4n) is 3.12. The minimum Gasteiger partial charge on any atom is -0.343 e. The second-order valence-corrected chi connectivity index (χ2v) is 6.44. The Kier molecular flexibility index (Phi) is 4.36. The minimum atomic E-state index is -0.200. The van der Waals surface area contributed by atoms with E-state index in [-0.39, 0.29) is 5.82 Å². The van der Waals surface area contributed by atoms with Crippen molar-refractivity contribution in [2.24, 2.45) is 4.99 Å². The van der Waals surface area contributed by atoms with Crippen LogP contribution in [0.2, 0.25) is 0 Å². The van der Waals surface area contributed by atoms with Crippen LogP contribution in [0.25, 0.3) is 10.9 Å². The Hall–Kier alpha value is -3.20. The zero-order chi connectivity index (χ0) is 17.9. The Labute approximate surface area is 152 Å². The second kappa shape index (κ2) is 6.96. The van der Waals surface area contributed by atoms with Crippen LogP contribution in [0.3, 0.4) is 0 Å². The maximum absolute atomic E-state index is 13.4. The summed E-state index contributed by atoms with van der Waals surface area (Å²) in [4.78, 5) is 4.59. The number of hydrogen-bond acceptors (Lipinski definition) is 1. The van der Waals surface area contributed by atoms with Crippen molar-refractivity contribution in [2.45, 2.75) is 13.5 Å². The largest absolute Gasteiger partial charge is 0.343 e. The number of para-hydroxylation sites is 1. The molecule has 0 radical (unpaired) electrons. The average molecular weight is 342 g/mol. The molecule has 0 atom stereocenters. The first-order valence-corrected chi connectivity index (χ1v) is 8.62. The Morgan fingerprint density at radius 2 is 1.85 bits per heavy atom. The first-order valence-electron chi connectivity index (χ1n) is 8.62. The molecule has 0 saturated carbocycles. The molecule has 0 fully saturated rings. The molecule has 4 aromatic rings. The summed E-state index contributed by atoms with van der Waals surface area (Å²) < 4.78 is 15.5. The standard InChI is InChI=1S/C23H19FN2/c1-17-5-2-3-8-22(17)25-15-18-9-10-23-20(13-18)11-12-26(23)16-19-6-4-7-21(24)14-19/h2-15H,16H2,1H3. The summed E-state index contributed by atoms with van der Waals surface area (Å²) in [7, 11) is 0. The van der Waals surface area contributed by atoms with Crippen molar-refractivity contribution in [2.75, 3.05) is 0 Å². The van der Waals surface area contributed by atoms with Gasteiger partial charge in [-0.1, -0.05) is 36.4 Å². The third kappa shape index (κ3) is 3.42. The number of aryl methyl sites for hydroxylation is 1. The van der Waals surface area contributed by atoms with Crippen molar-refractivity contribution >= 4 is 22.8 Å². The monoisotopic (exact) mass is 342 g/mol. The van der Waals surface area contributed by atoms with Gasteiger partial charge in [0.2, 0.25) is 0 Å². The van der Waals surface area contributed by atoms with Crippen molar-refractivity contribution < 1.29 is 4.39 Å². The van der Waals surface area contributed by atoms with Gasteiger partial charge in [-0.05, 0) is 60.0 Å². The highest BCUT2D eigenvalue weighted by molar-refractivity contribution is 5.90. The third-order valence-corrected chi connectivity index (χ3v) is 4.51. The highest BCUT2D eigenvalue weighted by atomic mass is 19.1. The summed E-state index contributed by atoms with van der Waals surface area (Å²) >= 11 is 0. The van der Waals surface area contributed by atoms with Crippen LogP contribution in [-0.2, 0) is 6.54 Å². The van der Waals surface area contributed by atoms with E-state index < -0.39 is 0 Å². The van der Waals surface area contributed by atoms with Gasteiger partial charge in [-0.25, -0.2) is 4.39 Å². The SMILES string of the molecule is Cc1ccccc1N=Cc1ccc2c(ccn2Cc2cccc(F)c2)c1. The lowest BCUT2D eigenvalue weighted by atomic mass is 10.1. The van der Waals surface area contributed by atoms with Gasteiger partial charge in [0, 0.05) is 29.9 Å². The van der Waals surface area contributed by atoms with Crippen LogP contribution in [0, 0.1) is 12.7 Å². The highest BCUT2D eigenvalue weighted by Crippen LogP contribution is 2.20. The maximum Gasteiger partial charge on any atom is 0.123 e. The second-order valence-electron chi connectivity index (χ2n) is 6.44. The van der Waals surface area contributed by atoms with Crippen molar-refractivity contribution in [1.29, 1.82) is 0 Å². The molecule has 0 unspecified atom stereocenters. The minimum absolute atomic E-state index is 0.200. The van der Waals surface area contributed by atoms with E-state index in [0.717, 1.165) is 33.3 Å². The van der Waals surface area contributed by atoms with E-state index in [9.17, 15) is 4.39 Å². The molecule has 1 heterocycles. The fourth-order valence-corrected chi connectivity index (χ4v) is 3.12. The molecule has 0 aliphatic heterocycles. The van der Waals surface area contributed by atoms with Gasteiger partial charge in [0.25, 0.3) is 0 Å². The predicted octanol–water partition coefficient (Wildman–Crippen LogP) is 5.89. The zero-order valence-corrected chi connectivity index (χ0v) is 14.6. The molecule has 2 nitrogen and oxygen atoms in total. The fraction of sp³-hybridized carbons (Fsp3) is 0.0870. The molecular weight excluding hydrogens is 323 g/mol. The van der Waals surface area contributed by atoms with Crippen LogP contribution in [0.15, 0.2) is 84.0 Å². The van der Waals surface area contributed by atoms with Gasteiger partial charge in [0.15, 0.2) is 0 Å². The molecular formula is C23H19FN2. The Morgan fingerprint density at radius 1 is 0.962 bits per heavy atom. The van der Waals surface area contributed by atoms with E-state index in [2.05, 4.69) is 46.8 Å². The number of aromatic nitrogens is 1. The van der Waals surface area contributed by atoms with Gasteiger partial charge in [-0.2, -0.15) is 0 Å². The van der Waals surface area contributed by atoms with Gasteiger partial charge in [0.05, 0.1) is 5.69 Å². The summed E-state index contributed by atoms with van der Waals surface area (Å²) in [5.41, 5.74) is 5.28. The average Bonchev–Trinajstić information content (AvgIpc) is 3.03. The molecule has 128 valence electrons. The summed E-state index contributed by atoms with van der Waals surface area (Å²) in [6, 6.07) is 23.2. The molecule has 4 rings (SSSR count). The normalized spacial score (nSPS) is 11.5. The molecule has 0 aliphatic carbocycles. The van der Waals surface area contributed by atoms with Gasteiger partial charge >= 0.3 is 0 Å². The van der Waals surface area contributed by atoms with E-state index in [1.807, 2.05) is 36.7 Å². The number of benzene rings is 3. The molecule has 1 aromatic heterocycles. The smallest absolute Gasteiger partial charge is 0.123 e. The Bertz CT molecular complexity index is 1090. The van der Waals surface area contributed by atoms with Crippen LogP contribution in [0.4, 0.5) is 10.1 Å². The van der Waals surface area contributed by atoms with Gasteiger partial charge < -0.3 is 4.57 Å². The van der Waals surface area contributed by atoms with Crippen LogP contribution in [-0.4, -0.2) is 10.8 Å².